The third kappa shape index (κ3) is 2.63. The number of para-hydroxylation sites is 1. The quantitative estimate of drug-likeness (QED) is 0.208. The van der Waals surface area contributed by atoms with E-state index in [1.165, 1.54) is 78.1 Å². The zero-order valence-corrected chi connectivity index (χ0v) is 22.6. The molecule has 1 heteroatoms. The fourth-order valence-corrected chi connectivity index (χ4v) is 8.64. The number of hydrogen-bond acceptors (Lipinski definition) is 1. The van der Waals surface area contributed by atoms with E-state index in [0.29, 0.717) is 6.04 Å². The average Bonchev–Trinajstić information content (AvgIpc) is 3.74. The molecule has 1 unspecified atom stereocenters. The standard InChI is InChI=1S/C40H27N/c1-8-16-38-27(9-1)22-29-23-28-21-25(18-20-39(28)41(29)38)26-17-19-33-32-12-4-7-15-36(32)40(37(33)24-26)34-13-5-2-10-30(34)31-11-3-6-14-35(31)40/h1-21,24,29H,22-23H2. The first kappa shape index (κ1) is 21.9. The van der Waals surface area contributed by atoms with Gasteiger partial charge in [0, 0.05) is 17.4 Å². The fraction of sp³-hybridized carbons (Fsp3) is 0.100. The van der Waals surface area contributed by atoms with E-state index < -0.39 is 0 Å². The van der Waals surface area contributed by atoms with Crippen molar-refractivity contribution in [3.05, 3.63) is 167 Å². The van der Waals surface area contributed by atoms with Crippen LogP contribution in [0.25, 0.3) is 33.4 Å². The molecule has 6 aromatic carbocycles. The number of hydrogen-bond donors (Lipinski definition) is 0. The summed E-state index contributed by atoms with van der Waals surface area (Å²) >= 11 is 0. The second-order valence-electron chi connectivity index (χ2n) is 12.1. The van der Waals surface area contributed by atoms with Crippen molar-refractivity contribution in [2.45, 2.75) is 24.3 Å². The van der Waals surface area contributed by atoms with Gasteiger partial charge in [-0.05, 0) is 104 Å². The Labute approximate surface area is 240 Å². The summed E-state index contributed by atoms with van der Waals surface area (Å²) < 4.78 is 0. The van der Waals surface area contributed by atoms with Crippen molar-refractivity contribution in [2.24, 2.45) is 0 Å². The highest BCUT2D eigenvalue weighted by Crippen LogP contribution is 2.63. The number of nitrogens with zero attached hydrogens (tertiary/aromatic N) is 1. The van der Waals surface area contributed by atoms with Gasteiger partial charge in [-0.2, -0.15) is 0 Å². The average molecular weight is 522 g/mol. The van der Waals surface area contributed by atoms with Crippen LogP contribution in [0.3, 0.4) is 0 Å². The van der Waals surface area contributed by atoms with E-state index in [0.717, 1.165) is 12.8 Å². The lowest BCUT2D eigenvalue weighted by Gasteiger charge is -2.30. The first-order valence-corrected chi connectivity index (χ1v) is 14.8. The Bertz CT molecular complexity index is 2020. The third-order valence-corrected chi connectivity index (χ3v) is 10.2. The molecule has 0 bridgehead atoms. The highest BCUT2D eigenvalue weighted by atomic mass is 15.2. The van der Waals surface area contributed by atoms with Crippen molar-refractivity contribution < 1.29 is 0 Å². The summed E-state index contributed by atoms with van der Waals surface area (Å²) in [4.78, 5) is 2.58. The summed E-state index contributed by atoms with van der Waals surface area (Å²) in [6.07, 6.45) is 2.25. The maximum absolute atomic E-state index is 2.58. The molecule has 10 rings (SSSR count). The van der Waals surface area contributed by atoms with E-state index in [1.54, 1.807) is 0 Å². The fourth-order valence-electron chi connectivity index (χ4n) is 8.64. The van der Waals surface area contributed by atoms with Crippen LogP contribution in [-0.2, 0) is 18.3 Å². The second-order valence-corrected chi connectivity index (χ2v) is 12.1. The third-order valence-electron chi connectivity index (χ3n) is 10.2. The largest absolute Gasteiger partial charge is 0.337 e. The van der Waals surface area contributed by atoms with Crippen molar-refractivity contribution in [2.75, 3.05) is 4.90 Å². The monoisotopic (exact) mass is 521 g/mol. The zero-order valence-electron chi connectivity index (χ0n) is 22.6. The lowest BCUT2D eigenvalue weighted by atomic mass is 9.70. The molecule has 2 aliphatic heterocycles. The van der Waals surface area contributed by atoms with Crippen molar-refractivity contribution in [1.29, 1.82) is 0 Å². The topological polar surface area (TPSA) is 3.24 Å². The van der Waals surface area contributed by atoms with Crippen LogP contribution in [0.5, 0.6) is 0 Å². The molecule has 6 aromatic rings. The Morgan fingerprint density at radius 2 is 0.951 bits per heavy atom. The van der Waals surface area contributed by atoms with E-state index >= 15 is 0 Å². The molecular weight excluding hydrogens is 494 g/mol. The first-order chi connectivity index (χ1) is 20.3. The Balaban J connectivity index is 1.18. The van der Waals surface area contributed by atoms with Gasteiger partial charge in [0.05, 0.1) is 5.41 Å². The van der Waals surface area contributed by atoms with Crippen LogP contribution in [0.4, 0.5) is 11.4 Å². The maximum Gasteiger partial charge on any atom is 0.0725 e. The molecule has 1 atom stereocenters. The molecule has 2 heterocycles. The van der Waals surface area contributed by atoms with Gasteiger partial charge in [0.2, 0.25) is 0 Å². The molecule has 0 N–H and O–H groups in total. The number of anilines is 2. The molecule has 0 saturated carbocycles. The normalized spacial score (nSPS) is 17.5. The minimum absolute atomic E-state index is 0.293. The molecule has 0 radical (unpaired) electrons. The zero-order chi connectivity index (χ0) is 26.7. The minimum Gasteiger partial charge on any atom is -0.337 e. The SMILES string of the molecule is c1ccc2c(c1)CC1Cc3cc(-c4ccc5c(c4)C4(c6ccccc6-c6ccccc64)c4ccccc4-5)ccc3N21. The molecular formula is C40H27N. The molecule has 4 aliphatic rings. The lowest BCUT2D eigenvalue weighted by molar-refractivity contribution is 0.725. The van der Waals surface area contributed by atoms with Gasteiger partial charge in [0.1, 0.15) is 0 Å². The summed E-state index contributed by atoms with van der Waals surface area (Å²) in [5.74, 6) is 0. The van der Waals surface area contributed by atoms with Gasteiger partial charge in [-0.25, -0.2) is 0 Å². The predicted molar refractivity (Wildman–Crippen MR) is 168 cm³/mol. The minimum atomic E-state index is -0.293. The lowest BCUT2D eigenvalue weighted by Crippen LogP contribution is -2.25. The van der Waals surface area contributed by atoms with E-state index in [4.69, 9.17) is 0 Å². The van der Waals surface area contributed by atoms with Crippen LogP contribution in [0, 0.1) is 0 Å². The summed E-state index contributed by atoms with van der Waals surface area (Å²) in [6, 6.07) is 51.0. The number of benzene rings is 6. The number of rotatable bonds is 1. The summed E-state index contributed by atoms with van der Waals surface area (Å²) in [7, 11) is 0. The van der Waals surface area contributed by atoms with Gasteiger partial charge in [0.25, 0.3) is 0 Å². The Morgan fingerprint density at radius 1 is 0.439 bits per heavy atom. The van der Waals surface area contributed by atoms with Crippen molar-refractivity contribution in [3.8, 4) is 33.4 Å². The van der Waals surface area contributed by atoms with Crippen molar-refractivity contribution in [3.63, 3.8) is 0 Å². The predicted octanol–water partition coefficient (Wildman–Crippen LogP) is 9.32. The van der Waals surface area contributed by atoms with Gasteiger partial charge in [-0.15, -0.1) is 0 Å². The molecule has 0 fully saturated rings. The smallest absolute Gasteiger partial charge is 0.0725 e. The van der Waals surface area contributed by atoms with Crippen LogP contribution in [0.2, 0.25) is 0 Å². The number of fused-ring (bicyclic) bond motifs is 15. The van der Waals surface area contributed by atoms with Crippen LogP contribution >= 0.6 is 0 Å². The molecule has 1 spiro atoms. The second kappa shape index (κ2) is 7.65. The highest BCUT2D eigenvalue weighted by Gasteiger charge is 2.51. The molecule has 2 aliphatic carbocycles. The molecule has 41 heavy (non-hydrogen) atoms. The molecule has 1 nitrogen and oxygen atoms in total. The van der Waals surface area contributed by atoms with Gasteiger partial charge < -0.3 is 4.90 Å². The summed E-state index contributed by atoms with van der Waals surface area (Å²) in [5.41, 5.74) is 19.1. The Kier molecular flexibility index (Phi) is 4.08. The molecule has 0 saturated heterocycles. The highest BCUT2D eigenvalue weighted by molar-refractivity contribution is 5.96. The first-order valence-electron chi connectivity index (χ1n) is 14.8. The van der Waals surface area contributed by atoms with Gasteiger partial charge in [0.15, 0.2) is 0 Å². The Hall–Kier alpha value is -4.88. The van der Waals surface area contributed by atoms with E-state index in [1.807, 2.05) is 0 Å². The molecule has 0 aromatic heterocycles. The van der Waals surface area contributed by atoms with E-state index in [-0.39, 0.29) is 5.41 Å². The van der Waals surface area contributed by atoms with Gasteiger partial charge in [-0.1, -0.05) is 109 Å². The van der Waals surface area contributed by atoms with Crippen molar-refractivity contribution in [1.82, 2.24) is 0 Å². The van der Waals surface area contributed by atoms with Crippen molar-refractivity contribution >= 4 is 11.4 Å². The van der Waals surface area contributed by atoms with Gasteiger partial charge >= 0.3 is 0 Å². The van der Waals surface area contributed by atoms with Crippen LogP contribution in [0.1, 0.15) is 33.4 Å². The summed E-state index contributed by atoms with van der Waals surface area (Å²) in [6.45, 7) is 0. The molecule has 192 valence electrons. The molecule has 0 amide bonds. The van der Waals surface area contributed by atoms with Crippen LogP contribution in [0.15, 0.2) is 133 Å². The van der Waals surface area contributed by atoms with Crippen LogP contribution in [-0.4, -0.2) is 6.04 Å². The van der Waals surface area contributed by atoms with Crippen LogP contribution < -0.4 is 4.90 Å². The van der Waals surface area contributed by atoms with E-state index in [9.17, 15) is 0 Å². The Morgan fingerprint density at radius 3 is 1.66 bits per heavy atom. The summed E-state index contributed by atoms with van der Waals surface area (Å²) in [5, 5.41) is 0. The van der Waals surface area contributed by atoms with E-state index in [2.05, 4.69) is 138 Å². The van der Waals surface area contributed by atoms with Gasteiger partial charge in [-0.3, -0.25) is 0 Å². The maximum atomic E-state index is 2.58.